The fraction of sp³-hybridized carbons (Fsp3) is 0.538. The molecule has 0 saturated carbocycles. The van der Waals surface area contributed by atoms with Gasteiger partial charge in [-0.15, -0.1) is 23.2 Å². The minimum atomic E-state index is -3.55. The summed E-state index contributed by atoms with van der Waals surface area (Å²) in [5, 5.41) is 0. The molecular weight excluding hydrogens is 321 g/mol. The van der Waals surface area contributed by atoms with Crippen LogP contribution in [0.1, 0.15) is 13.3 Å². The summed E-state index contributed by atoms with van der Waals surface area (Å²) in [4.78, 5) is 0.219. The molecule has 0 fully saturated rings. The summed E-state index contributed by atoms with van der Waals surface area (Å²) in [5.41, 5.74) is 0. The van der Waals surface area contributed by atoms with Crippen molar-refractivity contribution in [2.45, 2.75) is 18.2 Å². The molecule has 7 heteroatoms. The number of ether oxygens (including phenoxy) is 1. The molecule has 0 N–H and O–H groups in total. The van der Waals surface area contributed by atoms with Crippen LogP contribution in [0.25, 0.3) is 0 Å². The predicted molar refractivity (Wildman–Crippen MR) is 82.4 cm³/mol. The molecule has 0 heterocycles. The van der Waals surface area contributed by atoms with Crippen LogP contribution in [0.2, 0.25) is 0 Å². The van der Waals surface area contributed by atoms with Crippen molar-refractivity contribution in [3.05, 3.63) is 24.3 Å². The molecule has 0 amide bonds. The molecule has 1 rings (SSSR count). The summed E-state index contributed by atoms with van der Waals surface area (Å²) in [6.07, 6.45) is 0.902. The number of hydrogen-bond acceptors (Lipinski definition) is 3. The van der Waals surface area contributed by atoms with Gasteiger partial charge in [-0.1, -0.05) is 6.92 Å². The van der Waals surface area contributed by atoms with Gasteiger partial charge in [0.1, 0.15) is 5.75 Å². The van der Waals surface area contributed by atoms with Crippen LogP contribution in [0, 0.1) is 0 Å². The second kappa shape index (κ2) is 8.72. The van der Waals surface area contributed by atoms with E-state index in [4.69, 9.17) is 27.9 Å². The Labute approximate surface area is 130 Å². The summed E-state index contributed by atoms with van der Waals surface area (Å²) in [6, 6.07) is 6.38. The van der Waals surface area contributed by atoms with Gasteiger partial charge in [0.05, 0.1) is 11.5 Å². The topological polar surface area (TPSA) is 46.6 Å². The largest absolute Gasteiger partial charge is 0.494 e. The van der Waals surface area contributed by atoms with Crippen LogP contribution in [0.4, 0.5) is 0 Å². The highest BCUT2D eigenvalue weighted by Gasteiger charge is 2.23. The zero-order chi connectivity index (χ0) is 15.0. The molecule has 0 unspecified atom stereocenters. The third-order valence-electron chi connectivity index (χ3n) is 2.60. The number of rotatable bonds is 9. The van der Waals surface area contributed by atoms with Gasteiger partial charge in [-0.05, 0) is 30.7 Å². The zero-order valence-corrected chi connectivity index (χ0v) is 13.7. The molecule has 0 atom stereocenters. The predicted octanol–water partition coefficient (Wildman–Crippen LogP) is 2.94. The van der Waals surface area contributed by atoms with Gasteiger partial charge >= 0.3 is 0 Å². The number of sulfonamides is 1. The summed E-state index contributed by atoms with van der Waals surface area (Å²) in [7, 11) is -3.55. The smallest absolute Gasteiger partial charge is 0.243 e. The Morgan fingerprint density at radius 3 is 2.10 bits per heavy atom. The zero-order valence-electron chi connectivity index (χ0n) is 11.4. The highest BCUT2D eigenvalue weighted by molar-refractivity contribution is 7.89. The van der Waals surface area contributed by atoms with Gasteiger partial charge in [0, 0.05) is 24.8 Å². The average Bonchev–Trinajstić information content (AvgIpc) is 2.45. The molecule has 0 aromatic heterocycles. The number of nitrogens with zero attached hydrogens (tertiary/aromatic N) is 1. The van der Waals surface area contributed by atoms with E-state index in [1.165, 1.54) is 16.4 Å². The Morgan fingerprint density at radius 2 is 1.65 bits per heavy atom. The molecule has 20 heavy (non-hydrogen) atoms. The van der Waals surface area contributed by atoms with Crippen molar-refractivity contribution >= 4 is 33.2 Å². The normalized spacial score (nSPS) is 11.8. The first-order valence-corrected chi connectivity index (χ1v) is 8.92. The number of hydrogen-bond donors (Lipinski definition) is 0. The van der Waals surface area contributed by atoms with Crippen molar-refractivity contribution in [1.29, 1.82) is 0 Å². The van der Waals surface area contributed by atoms with Gasteiger partial charge in [0.15, 0.2) is 0 Å². The lowest BCUT2D eigenvalue weighted by Gasteiger charge is -2.20. The Kier molecular flexibility index (Phi) is 7.66. The lowest BCUT2D eigenvalue weighted by molar-refractivity contribution is 0.317. The van der Waals surface area contributed by atoms with Gasteiger partial charge in [-0.3, -0.25) is 0 Å². The van der Waals surface area contributed by atoms with Crippen LogP contribution in [0.5, 0.6) is 5.75 Å². The first-order valence-electron chi connectivity index (χ1n) is 6.41. The Hall–Kier alpha value is -0.490. The quantitative estimate of drug-likeness (QED) is 0.650. The fourth-order valence-electron chi connectivity index (χ4n) is 1.62. The maximum atomic E-state index is 12.4. The van der Waals surface area contributed by atoms with E-state index in [1.807, 2.05) is 6.92 Å². The van der Waals surface area contributed by atoms with Crippen LogP contribution in [0.3, 0.4) is 0 Å². The lowest BCUT2D eigenvalue weighted by atomic mass is 10.3. The Morgan fingerprint density at radius 1 is 1.10 bits per heavy atom. The van der Waals surface area contributed by atoms with Crippen molar-refractivity contribution in [2.75, 3.05) is 31.5 Å². The Balaban J connectivity index is 2.90. The van der Waals surface area contributed by atoms with Crippen molar-refractivity contribution in [3.63, 3.8) is 0 Å². The molecule has 114 valence electrons. The van der Waals surface area contributed by atoms with Crippen LogP contribution >= 0.6 is 23.2 Å². The second-order valence-corrected chi connectivity index (χ2v) is 6.80. The average molecular weight is 340 g/mol. The molecule has 4 nitrogen and oxygen atoms in total. The molecule has 0 aliphatic heterocycles. The molecule has 0 aliphatic carbocycles. The molecule has 0 saturated heterocycles. The third-order valence-corrected chi connectivity index (χ3v) is 4.85. The maximum absolute atomic E-state index is 12.4. The van der Waals surface area contributed by atoms with E-state index < -0.39 is 10.0 Å². The molecule has 0 bridgehead atoms. The lowest BCUT2D eigenvalue weighted by Crippen LogP contribution is -2.34. The Bertz CT molecular complexity index is 485. The van der Waals surface area contributed by atoms with E-state index in [0.717, 1.165) is 6.42 Å². The first kappa shape index (κ1) is 17.6. The summed E-state index contributed by atoms with van der Waals surface area (Å²) < 4.78 is 31.5. The minimum absolute atomic E-state index is 0.219. The highest BCUT2D eigenvalue weighted by atomic mass is 35.5. The molecule has 1 aromatic carbocycles. The van der Waals surface area contributed by atoms with E-state index in [0.29, 0.717) is 12.4 Å². The fourth-order valence-corrected chi connectivity index (χ4v) is 3.67. The monoisotopic (exact) mass is 339 g/mol. The van der Waals surface area contributed by atoms with E-state index >= 15 is 0 Å². The number of halogens is 2. The second-order valence-electron chi connectivity index (χ2n) is 4.10. The van der Waals surface area contributed by atoms with Gasteiger partial charge < -0.3 is 4.74 Å². The molecule has 0 aliphatic rings. The minimum Gasteiger partial charge on any atom is -0.494 e. The van der Waals surface area contributed by atoms with E-state index in [1.54, 1.807) is 12.1 Å². The first-order chi connectivity index (χ1) is 9.56. The van der Waals surface area contributed by atoms with Crippen molar-refractivity contribution < 1.29 is 13.2 Å². The van der Waals surface area contributed by atoms with E-state index in [2.05, 4.69) is 0 Å². The van der Waals surface area contributed by atoms with Crippen LogP contribution in [-0.2, 0) is 10.0 Å². The summed E-state index contributed by atoms with van der Waals surface area (Å²) in [6.45, 7) is 3.10. The van der Waals surface area contributed by atoms with Crippen LogP contribution in [0.15, 0.2) is 29.2 Å². The van der Waals surface area contributed by atoms with Gasteiger partial charge in [0.2, 0.25) is 10.0 Å². The SMILES string of the molecule is CCCOc1ccc(S(=O)(=O)N(CCCl)CCCl)cc1. The van der Waals surface area contributed by atoms with Gasteiger partial charge in [-0.25, -0.2) is 8.42 Å². The van der Waals surface area contributed by atoms with Crippen LogP contribution in [-0.4, -0.2) is 44.2 Å². The van der Waals surface area contributed by atoms with Gasteiger partial charge in [-0.2, -0.15) is 4.31 Å². The highest BCUT2D eigenvalue weighted by Crippen LogP contribution is 2.20. The van der Waals surface area contributed by atoms with Crippen LogP contribution < -0.4 is 4.74 Å². The molecular formula is C13H19Cl2NO3S. The summed E-state index contributed by atoms with van der Waals surface area (Å²) >= 11 is 11.3. The van der Waals surface area contributed by atoms with Crippen molar-refractivity contribution in [3.8, 4) is 5.75 Å². The van der Waals surface area contributed by atoms with Crippen molar-refractivity contribution in [2.24, 2.45) is 0 Å². The molecule has 0 radical (unpaired) electrons. The van der Waals surface area contributed by atoms with Crippen molar-refractivity contribution in [1.82, 2.24) is 4.31 Å². The third kappa shape index (κ3) is 4.81. The number of benzene rings is 1. The van der Waals surface area contributed by atoms with Gasteiger partial charge in [0.25, 0.3) is 0 Å². The molecule has 0 spiro atoms. The van der Waals surface area contributed by atoms with E-state index in [9.17, 15) is 8.42 Å². The number of alkyl halides is 2. The summed E-state index contributed by atoms with van der Waals surface area (Å²) in [5.74, 6) is 1.12. The molecule has 1 aromatic rings. The van der Waals surface area contributed by atoms with E-state index in [-0.39, 0.29) is 29.7 Å². The maximum Gasteiger partial charge on any atom is 0.243 e. The standard InChI is InChI=1S/C13H19Cl2NO3S/c1-2-11-19-12-3-5-13(6-4-12)20(17,18)16(9-7-14)10-8-15/h3-6H,2,7-11H2,1H3.